The van der Waals surface area contributed by atoms with E-state index in [0.29, 0.717) is 12.2 Å². The molecule has 0 N–H and O–H groups in total. The molecule has 132 valence electrons. The molecule has 0 unspecified atom stereocenters. The summed E-state index contributed by atoms with van der Waals surface area (Å²) in [6.07, 6.45) is 1.30. The van der Waals surface area contributed by atoms with Crippen LogP contribution in [-0.2, 0) is 15.7 Å². The minimum absolute atomic E-state index is 0.168. The molecule has 0 amide bonds. The van der Waals surface area contributed by atoms with Crippen molar-refractivity contribution in [2.75, 3.05) is 4.43 Å². The first kappa shape index (κ1) is 19.0. The standard InChI is InChI=1S/C22H20IO2S/c23-16-8-15-22(24)25-18-9-7-14-21(17-18)26(19-10-3-1-4-11-19)20-12-5-2-6-13-20/h1-7,9-14,17H,8,15-16H2/q+1. The number of rotatable bonds is 7. The number of hydrogen-bond acceptors (Lipinski definition) is 2. The largest absolute Gasteiger partial charge is 0.426 e. The van der Waals surface area contributed by atoms with Crippen LogP contribution in [0.2, 0.25) is 0 Å². The van der Waals surface area contributed by atoms with E-state index in [9.17, 15) is 4.79 Å². The van der Waals surface area contributed by atoms with E-state index < -0.39 is 0 Å². The molecule has 3 aromatic rings. The second kappa shape index (κ2) is 9.78. The van der Waals surface area contributed by atoms with Crippen LogP contribution in [0, 0.1) is 0 Å². The van der Waals surface area contributed by atoms with Crippen molar-refractivity contribution in [3.63, 3.8) is 0 Å². The molecule has 0 saturated carbocycles. The third-order valence-corrected chi connectivity index (χ3v) is 6.72. The summed E-state index contributed by atoms with van der Waals surface area (Å²) in [6.45, 7) is 0. The number of carbonyl (C=O) groups excluding carboxylic acids is 1. The van der Waals surface area contributed by atoms with Gasteiger partial charge in [-0.15, -0.1) is 0 Å². The normalized spacial score (nSPS) is 10.7. The van der Waals surface area contributed by atoms with Gasteiger partial charge in [-0.25, -0.2) is 0 Å². The summed E-state index contributed by atoms with van der Waals surface area (Å²) in [5.41, 5.74) is 0. The molecule has 0 aliphatic rings. The summed E-state index contributed by atoms with van der Waals surface area (Å²) in [4.78, 5) is 15.6. The van der Waals surface area contributed by atoms with Crippen molar-refractivity contribution in [2.24, 2.45) is 0 Å². The highest BCUT2D eigenvalue weighted by atomic mass is 127. The van der Waals surface area contributed by atoms with Crippen LogP contribution < -0.4 is 4.74 Å². The zero-order valence-corrected chi connectivity index (χ0v) is 17.3. The van der Waals surface area contributed by atoms with Gasteiger partial charge < -0.3 is 4.74 Å². The highest BCUT2D eigenvalue weighted by molar-refractivity contribution is 14.1. The first-order valence-corrected chi connectivity index (χ1v) is 11.2. The van der Waals surface area contributed by atoms with E-state index in [-0.39, 0.29) is 16.9 Å². The van der Waals surface area contributed by atoms with Gasteiger partial charge in [-0.1, -0.05) is 65.1 Å². The molecule has 0 fully saturated rings. The lowest BCUT2D eigenvalue weighted by molar-refractivity contribution is -0.134. The van der Waals surface area contributed by atoms with Crippen molar-refractivity contribution in [3.8, 4) is 5.75 Å². The molecule has 0 bridgehead atoms. The topological polar surface area (TPSA) is 26.3 Å². The van der Waals surface area contributed by atoms with Crippen LogP contribution >= 0.6 is 22.6 Å². The average Bonchev–Trinajstić information content (AvgIpc) is 2.69. The molecule has 0 saturated heterocycles. The summed E-state index contributed by atoms with van der Waals surface area (Å²) >= 11 is 2.27. The third-order valence-electron chi connectivity index (χ3n) is 3.75. The van der Waals surface area contributed by atoms with Crippen molar-refractivity contribution in [1.82, 2.24) is 0 Å². The van der Waals surface area contributed by atoms with Crippen molar-refractivity contribution < 1.29 is 9.53 Å². The molecule has 4 heteroatoms. The highest BCUT2D eigenvalue weighted by Crippen LogP contribution is 2.32. The monoisotopic (exact) mass is 475 g/mol. The van der Waals surface area contributed by atoms with Crippen LogP contribution in [-0.4, -0.2) is 10.4 Å². The van der Waals surface area contributed by atoms with Crippen LogP contribution in [0.3, 0.4) is 0 Å². The number of alkyl halides is 1. The van der Waals surface area contributed by atoms with Crippen molar-refractivity contribution in [1.29, 1.82) is 0 Å². The lowest BCUT2D eigenvalue weighted by Crippen LogP contribution is -2.09. The van der Waals surface area contributed by atoms with Gasteiger partial charge in [0.15, 0.2) is 14.7 Å². The van der Waals surface area contributed by atoms with Crippen molar-refractivity contribution in [3.05, 3.63) is 84.9 Å². The van der Waals surface area contributed by atoms with Gasteiger partial charge in [-0.3, -0.25) is 4.79 Å². The fraction of sp³-hybridized carbons (Fsp3) is 0.136. The molecule has 3 aromatic carbocycles. The maximum atomic E-state index is 12.0. The number of carbonyl (C=O) groups is 1. The molecule has 26 heavy (non-hydrogen) atoms. The Kier molecular flexibility index (Phi) is 7.14. The van der Waals surface area contributed by atoms with Crippen LogP contribution in [0.25, 0.3) is 0 Å². The second-order valence-electron chi connectivity index (χ2n) is 5.67. The Morgan fingerprint density at radius 2 is 1.38 bits per heavy atom. The predicted octanol–water partition coefficient (Wildman–Crippen LogP) is 5.90. The molecule has 0 aliphatic carbocycles. The lowest BCUT2D eigenvalue weighted by atomic mass is 10.3. The van der Waals surface area contributed by atoms with Crippen LogP contribution in [0.15, 0.2) is 99.6 Å². The van der Waals surface area contributed by atoms with Gasteiger partial charge in [-0.05, 0) is 42.8 Å². The summed E-state index contributed by atoms with van der Waals surface area (Å²) in [5, 5.41) is 0. The van der Waals surface area contributed by atoms with Gasteiger partial charge in [0.1, 0.15) is 5.75 Å². The number of hydrogen-bond donors (Lipinski definition) is 0. The van der Waals surface area contributed by atoms with E-state index in [1.807, 2.05) is 30.3 Å². The summed E-state index contributed by atoms with van der Waals surface area (Å²) < 4.78 is 6.50. The van der Waals surface area contributed by atoms with E-state index in [1.165, 1.54) is 9.79 Å². The Hall–Kier alpha value is -1.79. The Balaban J connectivity index is 1.92. The average molecular weight is 475 g/mol. The number of esters is 1. The van der Waals surface area contributed by atoms with E-state index in [0.717, 1.165) is 15.7 Å². The minimum atomic E-state index is -0.238. The fourth-order valence-electron chi connectivity index (χ4n) is 2.58. The van der Waals surface area contributed by atoms with Crippen molar-refractivity contribution in [2.45, 2.75) is 27.5 Å². The van der Waals surface area contributed by atoms with Crippen LogP contribution in [0.4, 0.5) is 0 Å². The van der Waals surface area contributed by atoms with E-state index in [2.05, 4.69) is 77.2 Å². The van der Waals surface area contributed by atoms with Crippen molar-refractivity contribution >= 4 is 39.5 Å². The summed E-state index contributed by atoms with van der Waals surface area (Å²) in [6, 6.07) is 28.8. The SMILES string of the molecule is O=C(CCCI)Oc1cccc([S+](c2ccccc2)c2ccccc2)c1. The first-order valence-electron chi connectivity index (χ1n) is 8.49. The molecule has 0 aliphatic heterocycles. The Morgan fingerprint density at radius 3 is 1.96 bits per heavy atom. The number of benzene rings is 3. The quantitative estimate of drug-likeness (QED) is 0.140. The molecule has 3 rings (SSSR count). The smallest absolute Gasteiger partial charge is 0.311 e. The van der Waals surface area contributed by atoms with Gasteiger partial charge in [0.25, 0.3) is 0 Å². The second-order valence-corrected chi connectivity index (χ2v) is 8.78. The minimum Gasteiger partial charge on any atom is -0.426 e. The van der Waals surface area contributed by atoms with Gasteiger partial charge >= 0.3 is 5.97 Å². The zero-order valence-electron chi connectivity index (χ0n) is 14.3. The molecule has 0 aromatic heterocycles. The molecule has 0 spiro atoms. The Morgan fingerprint density at radius 1 is 0.808 bits per heavy atom. The Bertz CT molecular complexity index is 798. The molecule has 2 nitrogen and oxygen atoms in total. The zero-order chi connectivity index (χ0) is 18.2. The van der Waals surface area contributed by atoms with E-state index >= 15 is 0 Å². The predicted molar refractivity (Wildman–Crippen MR) is 115 cm³/mol. The summed E-state index contributed by atoms with van der Waals surface area (Å²) in [5.74, 6) is 0.448. The maximum absolute atomic E-state index is 12.0. The highest BCUT2D eigenvalue weighted by Gasteiger charge is 2.28. The molecule has 0 radical (unpaired) electrons. The van der Waals surface area contributed by atoms with Gasteiger partial charge in [0.2, 0.25) is 0 Å². The fourth-order valence-corrected chi connectivity index (χ4v) is 5.08. The van der Waals surface area contributed by atoms with E-state index in [4.69, 9.17) is 4.74 Å². The van der Waals surface area contributed by atoms with Crippen LogP contribution in [0.5, 0.6) is 5.75 Å². The third kappa shape index (κ3) is 5.11. The van der Waals surface area contributed by atoms with E-state index in [1.54, 1.807) is 0 Å². The van der Waals surface area contributed by atoms with Crippen LogP contribution in [0.1, 0.15) is 12.8 Å². The lowest BCUT2D eigenvalue weighted by Gasteiger charge is -2.09. The van der Waals surface area contributed by atoms with Gasteiger partial charge in [0.05, 0.1) is 10.9 Å². The Labute approximate surface area is 171 Å². The first-order chi connectivity index (χ1) is 12.8. The summed E-state index contributed by atoms with van der Waals surface area (Å²) in [7, 11) is -0.238. The number of halogens is 1. The molecule has 0 heterocycles. The molecule has 0 atom stereocenters. The molecular weight excluding hydrogens is 455 g/mol. The number of ether oxygens (including phenoxy) is 1. The van der Waals surface area contributed by atoms with Gasteiger partial charge in [0, 0.05) is 16.9 Å². The van der Waals surface area contributed by atoms with Gasteiger partial charge in [-0.2, -0.15) is 0 Å². The molecular formula is C22H20IO2S+. The maximum Gasteiger partial charge on any atom is 0.311 e.